The number of halogens is 1. The molecule has 2 rings (SSSR count). The molecule has 0 unspecified atom stereocenters. The number of carbonyl (C=O) groups excluding carboxylic acids is 1. The third-order valence-corrected chi connectivity index (χ3v) is 3.98. The van der Waals surface area contributed by atoms with E-state index in [2.05, 4.69) is 10.3 Å². The average molecular weight is 284 g/mol. The number of aromatic nitrogens is 1. The first-order valence-electron chi connectivity index (χ1n) is 5.74. The Morgan fingerprint density at radius 3 is 3.00 bits per heavy atom. The van der Waals surface area contributed by atoms with Crippen LogP contribution >= 0.6 is 22.9 Å². The summed E-state index contributed by atoms with van der Waals surface area (Å²) in [6.07, 6.45) is 2.13. The number of anilines is 1. The minimum absolute atomic E-state index is 0.248. The van der Waals surface area contributed by atoms with E-state index in [1.54, 1.807) is 11.3 Å². The molecule has 18 heavy (non-hydrogen) atoms. The van der Waals surface area contributed by atoms with Gasteiger partial charge in [-0.05, 0) is 25.0 Å². The number of hydrogen-bond acceptors (Lipinski definition) is 4. The number of benzene rings is 1. The maximum atomic E-state index is 10.6. The predicted molar refractivity (Wildman–Crippen MR) is 76.2 cm³/mol. The number of amides is 1. The third kappa shape index (κ3) is 3.34. The van der Waals surface area contributed by atoms with Crippen LogP contribution < -0.4 is 11.1 Å². The molecule has 1 heterocycles. The average Bonchev–Trinajstić information content (AvgIpc) is 2.72. The summed E-state index contributed by atoms with van der Waals surface area (Å²) < 4.78 is 0.999. The summed E-state index contributed by atoms with van der Waals surface area (Å²) in [7, 11) is 0. The normalized spacial score (nSPS) is 10.7. The van der Waals surface area contributed by atoms with Crippen molar-refractivity contribution in [3.63, 3.8) is 0 Å². The van der Waals surface area contributed by atoms with E-state index in [1.165, 1.54) is 0 Å². The third-order valence-electron chi connectivity index (χ3n) is 2.49. The zero-order valence-corrected chi connectivity index (χ0v) is 11.4. The summed E-state index contributed by atoms with van der Waals surface area (Å²) >= 11 is 7.62. The second-order valence-electron chi connectivity index (χ2n) is 3.96. The van der Waals surface area contributed by atoms with Gasteiger partial charge in [0.2, 0.25) is 5.91 Å². The Morgan fingerprint density at radius 2 is 2.28 bits per heavy atom. The lowest BCUT2D eigenvalue weighted by atomic mass is 10.2. The van der Waals surface area contributed by atoms with E-state index in [4.69, 9.17) is 17.3 Å². The number of thiazole rings is 1. The van der Waals surface area contributed by atoms with Crippen LogP contribution in [0.2, 0.25) is 5.02 Å². The number of nitrogens with one attached hydrogen (secondary N) is 1. The van der Waals surface area contributed by atoms with Gasteiger partial charge in [-0.2, -0.15) is 0 Å². The summed E-state index contributed by atoms with van der Waals surface area (Å²) in [6.45, 7) is 0.782. The molecular weight excluding hydrogens is 270 g/mol. The Labute approximate surface area is 114 Å². The van der Waals surface area contributed by atoms with Gasteiger partial charge in [0.1, 0.15) is 0 Å². The van der Waals surface area contributed by atoms with E-state index >= 15 is 0 Å². The molecule has 0 aliphatic rings. The molecule has 0 aliphatic heterocycles. The van der Waals surface area contributed by atoms with Crippen molar-refractivity contribution >= 4 is 44.2 Å². The maximum Gasteiger partial charge on any atom is 0.217 e. The van der Waals surface area contributed by atoms with Gasteiger partial charge in [0.05, 0.1) is 15.2 Å². The second kappa shape index (κ2) is 6.02. The lowest BCUT2D eigenvalue weighted by Crippen LogP contribution is -2.10. The van der Waals surface area contributed by atoms with Crippen LogP contribution in [0.25, 0.3) is 10.2 Å². The fourth-order valence-corrected chi connectivity index (χ4v) is 2.79. The van der Waals surface area contributed by atoms with E-state index in [0.29, 0.717) is 6.42 Å². The van der Waals surface area contributed by atoms with Gasteiger partial charge in [0, 0.05) is 13.0 Å². The first-order chi connectivity index (χ1) is 8.66. The zero-order valence-electron chi connectivity index (χ0n) is 9.78. The van der Waals surface area contributed by atoms with Crippen molar-refractivity contribution in [1.82, 2.24) is 4.98 Å². The first kappa shape index (κ1) is 13.1. The predicted octanol–water partition coefficient (Wildman–Crippen LogP) is 3.02. The quantitative estimate of drug-likeness (QED) is 0.801. The Bertz CT molecular complexity index is 555. The van der Waals surface area contributed by atoms with Gasteiger partial charge in [-0.1, -0.05) is 29.0 Å². The van der Waals surface area contributed by atoms with E-state index in [9.17, 15) is 4.79 Å². The summed E-state index contributed by atoms with van der Waals surface area (Å²) in [5.74, 6) is -0.248. The SMILES string of the molecule is NC(=O)CCCCNc1nc2cccc(Cl)c2s1. The van der Waals surface area contributed by atoms with Gasteiger partial charge in [-0.15, -0.1) is 0 Å². The Morgan fingerprint density at radius 1 is 1.44 bits per heavy atom. The van der Waals surface area contributed by atoms with Crippen molar-refractivity contribution in [1.29, 1.82) is 0 Å². The van der Waals surface area contributed by atoms with Gasteiger partial charge in [-0.3, -0.25) is 4.79 Å². The minimum Gasteiger partial charge on any atom is -0.370 e. The van der Waals surface area contributed by atoms with Crippen LogP contribution in [0.4, 0.5) is 5.13 Å². The Kier molecular flexibility index (Phi) is 4.38. The monoisotopic (exact) mass is 283 g/mol. The number of fused-ring (bicyclic) bond motifs is 1. The van der Waals surface area contributed by atoms with Gasteiger partial charge in [0.15, 0.2) is 5.13 Å². The minimum atomic E-state index is -0.248. The van der Waals surface area contributed by atoms with Crippen molar-refractivity contribution < 1.29 is 4.79 Å². The fourth-order valence-electron chi connectivity index (χ4n) is 1.61. The lowest BCUT2D eigenvalue weighted by molar-refractivity contribution is -0.118. The molecular formula is C12H14ClN3OS. The van der Waals surface area contributed by atoms with Crippen molar-refractivity contribution in [3.05, 3.63) is 23.2 Å². The molecule has 0 bridgehead atoms. The fraction of sp³-hybridized carbons (Fsp3) is 0.333. The number of unbranched alkanes of at least 4 members (excludes halogenated alkanes) is 1. The van der Waals surface area contributed by atoms with Crippen molar-refractivity contribution in [2.24, 2.45) is 5.73 Å². The van der Waals surface area contributed by atoms with Crippen molar-refractivity contribution in [2.75, 3.05) is 11.9 Å². The van der Waals surface area contributed by atoms with Crippen LogP contribution in [0, 0.1) is 0 Å². The van der Waals surface area contributed by atoms with Crippen molar-refractivity contribution in [2.45, 2.75) is 19.3 Å². The number of nitrogens with zero attached hydrogens (tertiary/aromatic N) is 1. The molecule has 1 aromatic heterocycles. The number of carbonyl (C=O) groups is 1. The number of nitrogens with two attached hydrogens (primary N) is 1. The molecule has 0 saturated heterocycles. The summed E-state index contributed by atoms with van der Waals surface area (Å²) in [5, 5.41) is 4.82. The van der Waals surface area contributed by atoms with Crippen LogP contribution in [-0.4, -0.2) is 17.4 Å². The summed E-state index contributed by atoms with van der Waals surface area (Å²) in [4.78, 5) is 15.0. The molecule has 96 valence electrons. The van der Waals surface area contributed by atoms with Crippen LogP contribution in [0.5, 0.6) is 0 Å². The van der Waals surface area contributed by atoms with E-state index in [1.807, 2.05) is 18.2 Å². The van der Waals surface area contributed by atoms with Crippen LogP contribution in [0.15, 0.2) is 18.2 Å². The van der Waals surface area contributed by atoms with Gasteiger partial charge in [0.25, 0.3) is 0 Å². The highest BCUT2D eigenvalue weighted by Gasteiger charge is 2.05. The van der Waals surface area contributed by atoms with Gasteiger partial charge < -0.3 is 11.1 Å². The molecule has 1 aromatic carbocycles. The molecule has 0 atom stereocenters. The molecule has 0 saturated carbocycles. The van der Waals surface area contributed by atoms with Gasteiger partial charge in [-0.25, -0.2) is 4.98 Å². The van der Waals surface area contributed by atoms with E-state index in [-0.39, 0.29) is 5.91 Å². The first-order valence-corrected chi connectivity index (χ1v) is 6.93. The highest BCUT2D eigenvalue weighted by molar-refractivity contribution is 7.22. The molecule has 0 aliphatic carbocycles. The van der Waals surface area contributed by atoms with E-state index in [0.717, 1.165) is 39.8 Å². The molecule has 0 spiro atoms. The topological polar surface area (TPSA) is 68.0 Å². The van der Waals surface area contributed by atoms with Crippen LogP contribution in [0.3, 0.4) is 0 Å². The standard InChI is InChI=1S/C12H14ClN3OS/c13-8-4-3-5-9-11(8)18-12(16-9)15-7-2-1-6-10(14)17/h3-5H,1-2,6-7H2,(H2,14,17)(H,15,16). The van der Waals surface area contributed by atoms with Gasteiger partial charge >= 0.3 is 0 Å². The number of rotatable bonds is 6. The molecule has 1 amide bonds. The van der Waals surface area contributed by atoms with Crippen LogP contribution in [-0.2, 0) is 4.79 Å². The highest BCUT2D eigenvalue weighted by Crippen LogP contribution is 2.31. The summed E-state index contributed by atoms with van der Waals surface area (Å²) in [6, 6.07) is 5.69. The highest BCUT2D eigenvalue weighted by atomic mass is 35.5. The molecule has 4 nitrogen and oxygen atoms in total. The maximum absolute atomic E-state index is 10.6. The molecule has 0 fully saturated rings. The Balaban J connectivity index is 1.88. The second-order valence-corrected chi connectivity index (χ2v) is 5.36. The largest absolute Gasteiger partial charge is 0.370 e. The van der Waals surface area contributed by atoms with Crippen LogP contribution in [0.1, 0.15) is 19.3 Å². The summed E-state index contributed by atoms with van der Waals surface area (Å²) in [5.41, 5.74) is 5.98. The molecule has 3 N–H and O–H groups in total. The smallest absolute Gasteiger partial charge is 0.217 e. The molecule has 6 heteroatoms. The van der Waals surface area contributed by atoms with Crippen molar-refractivity contribution in [3.8, 4) is 0 Å². The molecule has 0 radical (unpaired) electrons. The molecule has 2 aromatic rings. The number of hydrogen-bond donors (Lipinski definition) is 2. The lowest BCUT2D eigenvalue weighted by Gasteiger charge is -2.00. The van der Waals surface area contributed by atoms with E-state index < -0.39 is 0 Å². The zero-order chi connectivity index (χ0) is 13.0. The Hall–Kier alpha value is -1.33. The number of primary amides is 1.